The number of anilines is 3. The van der Waals surface area contributed by atoms with Crippen molar-refractivity contribution < 1.29 is 14.3 Å². The van der Waals surface area contributed by atoms with E-state index in [-0.39, 0.29) is 12.7 Å². The zero-order chi connectivity index (χ0) is 21.9. The Bertz CT molecular complexity index is 1290. The molecule has 0 atom stereocenters. The van der Waals surface area contributed by atoms with E-state index in [9.17, 15) is 4.79 Å². The van der Waals surface area contributed by atoms with E-state index in [1.54, 1.807) is 48.8 Å². The van der Waals surface area contributed by atoms with Crippen molar-refractivity contribution in [1.82, 2.24) is 9.97 Å². The van der Waals surface area contributed by atoms with E-state index in [0.717, 1.165) is 11.1 Å². The largest absolute Gasteiger partial charge is 0.454 e. The van der Waals surface area contributed by atoms with Crippen LogP contribution in [-0.4, -0.2) is 22.7 Å². The minimum Gasteiger partial charge on any atom is -0.454 e. The fraction of sp³-hybridized carbons (Fsp3) is 0.0800. The van der Waals surface area contributed by atoms with Gasteiger partial charge in [-0.1, -0.05) is 35.9 Å². The minimum absolute atomic E-state index is 0.189. The molecule has 32 heavy (non-hydrogen) atoms. The van der Waals surface area contributed by atoms with Crippen LogP contribution in [0.15, 0.2) is 79.1 Å². The lowest BCUT2D eigenvalue weighted by atomic mass is 10.1. The monoisotopic (exact) mass is 424 g/mol. The molecule has 0 aliphatic carbocycles. The summed E-state index contributed by atoms with van der Waals surface area (Å²) in [4.78, 5) is 21.5. The number of fused-ring (bicyclic) bond motifs is 1. The maximum Gasteiger partial charge on any atom is 0.255 e. The molecular formula is C25H20N4O3. The second-order valence-corrected chi connectivity index (χ2v) is 7.39. The summed E-state index contributed by atoms with van der Waals surface area (Å²) in [5, 5.41) is 6.02. The van der Waals surface area contributed by atoms with Crippen molar-refractivity contribution in [2.24, 2.45) is 0 Å². The number of carbonyl (C=O) groups excluding carboxylic acids is 1. The minimum atomic E-state index is -0.233. The Morgan fingerprint density at radius 3 is 2.50 bits per heavy atom. The first kappa shape index (κ1) is 19.6. The predicted octanol–water partition coefficient (Wildman–Crippen LogP) is 5.18. The SMILES string of the molecule is Cc1cccc(-c2cnc(Nc3cccc(C(=O)Nc4ccc5c(c4)OCO5)c3)nc2)c1. The highest BCUT2D eigenvalue weighted by molar-refractivity contribution is 6.05. The number of aromatic nitrogens is 2. The molecule has 158 valence electrons. The van der Waals surface area contributed by atoms with Gasteiger partial charge < -0.3 is 20.1 Å². The van der Waals surface area contributed by atoms with Crippen LogP contribution >= 0.6 is 0 Å². The molecular weight excluding hydrogens is 404 g/mol. The average molecular weight is 424 g/mol. The third-order valence-corrected chi connectivity index (χ3v) is 5.01. The summed E-state index contributed by atoms with van der Waals surface area (Å²) in [6.45, 7) is 2.24. The molecule has 0 saturated carbocycles. The van der Waals surface area contributed by atoms with Crippen LogP contribution in [0, 0.1) is 6.92 Å². The van der Waals surface area contributed by atoms with Gasteiger partial charge in [-0.2, -0.15) is 0 Å². The van der Waals surface area contributed by atoms with E-state index >= 15 is 0 Å². The third kappa shape index (κ3) is 4.22. The highest BCUT2D eigenvalue weighted by atomic mass is 16.7. The molecule has 7 nitrogen and oxygen atoms in total. The third-order valence-electron chi connectivity index (χ3n) is 5.01. The molecule has 0 spiro atoms. The first-order chi connectivity index (χ1) is 15.6. The van der Waals surface area contributed by atoms with Crippen molar-refractivity contribution in [3.63, 3.8) is 0 Å². The second kappa shape index (κ2) is 8.39. The van der Waals surface area contributed by atoms with Gasteiger partial charge in [0.05, 0.1) is 0 Å². The van der Waals surface area contributed by atoms with Crippen molar-refractivity contribution in [2.75, 3.05) is 17.4 Å². The van der Waals surface area contributed by atoms with Crippen LogP contribution < -0.4 is 20.1 Å². The van der Waals surface area contributed by atoms with Gasteiger partial charge in [-0.25, -0.2) is 9.97 Å². The van der Waals surface area contributed by atoms with E-state index in [4.69, 9.17) is 9.47 Å². The number of hydrogen-bond donors (Lipinski definition) is 2. The number of hydrogen-bond acceptors (Lipinski definition) is 6. The molecule has 1 amide bonds. The van der Waals surface area contributed by atoms with E-state index < -0.39 is 0 Å². The topological polar surface area (TPSA) is 85.4 Å². The second-order valence-electron chi connectivity index (χ2n) is 7.39. The Kier molecular flexibility index (Phi) is 5.13. The van der Waals surface area contributed by atoms with Crippen LogP contribution in [0.4, 0.5) is 17.3 Å². The fourth-order valence-corrected chi connectivity index (χ4v) is 3.41. The van der Waals surface area contributed by atoms with Crippen LogP contribution in [-0.2, 0) is 0 Å². The Morgan fingerprint density at radius 1 is 0.844 bits per heavy atom. The van der Waals surface area contributed by atoms with Gasteiger partial charge in [0.1, 0.15) is 0 Å². The maximum absolute atomic E-state index is 12.7. The van der Waals surface area contributed by atoms with Crippen LogP contribution in [0.1, 0.15) is 15.9 Å². The van der Waals surface area contributed by atoms with Gasteiger partial charge >= 0.3 is 0 Å². The standard InChI is InChI=1S/C25H20N4O3/c1-16-4-2-5-17(10-16)19-13-26-25(27-14-19)29-20-7-3-6-18(11-20)24(30)28-21-8-9-22-23(12-21)32-15-31-22/h2-14H,15H2,1H3,(H,28,30)(H,26,27,29). The molecule has 7 heteroatoms. The summed E-state index contributed by atoms with van der Waals surface area (Å²) in [7, 11) is 0. The number of aryl methyl sites for hydroxylation is 1. The summed E-state index contributed by atoms with van der Waals surface area (Å²) >= 11 is 0. The molecule has 2 heterocycles. The molecule has 0 fully saturated rings. The van der Waals surface area contributed by atoms with Crippen LogP contribution in [0.25, 0.3) is 11.1 Å². The highest BCUT2D eigenvalue weighted by Gasteiger charge is 2.15. The van der Waals surface area contributed by atoms with E-state index in [0.29, 0.717) is 34.4 Å². The van der Waals surface area contributed by atoms with Crippen LogP contribution in [0.2, 0.25) is 0 Å². The van der Waals surface area contributed by atoms with Gasteiger partial charge in [0.2, 0.25) is 12.7 Å². The number of nitrogens with one attached hydrogen (secondary N) is 2. The predicted molar refractivity (Wildman–Crippen MR) is 122 cm³/mol. The van der Waals surface area contributed by atoms with Crippen LogP contribution in [0.5, 0.6) is 11.5 Å². The molecule has 0 bridgehead atoms. The quantitative estimate of drug-likeness (QED) is 0.459. The molecule has 1 aliphatic rings. The Hall–Kier alpha value is -4.39. The lowest BCUT2D eigenvalue weighted by Crippen LogP contribution is -2.12. The Labute approximate surface area is 185 Å². The molecule has 4 aromatic rings. The smallest absolute Gasteiger partial charge is 0.255 e. The van der Waals surface area contributed by atoms with Gasteiger partial charge in [0.15, 0.2) is 11.5 Å². The van der Waals surface area contributed by atoms with Gasteiger partial charge in [-0.05, 0) is 42.8 Å². The summed E-state index contributed by atoms with van der Waals surface area (Å²) in [5.41, 5.74) is 5.04. The number of benzene rings is 3. The van der Waals surface area contributed by atoms with Crippen molar-refractivity contribution in [2.45, 2.75) is 6.92 Å². The lowest BCUT2D eigenvalue weighted by molar-refractivity contribution is 0.102. The molecule has 1 aliphatic heterocycles. The Balaban J connectivity index is 1.28. The highest BCUT2D eigenvalue weighted by Crippen LogP contribution is 2.34. The number of amides is 1. The van der Waals surface area contributed by atoms with Gasteiger partial charge in [-0.3, -0.25) is 4.79 Å². The molecule has 3 aromatic carbocycles. The summed E-state index contributed by atoms with van der Waals surface area (Å²) in [5.74, 6) is 1.50. The van der Waals surface area contributed by atoms with Crippen LogP contribution in [0.3, 0.4) is 0 Å². The van der Waals surface area contributed by atoms with Gasteiger partial charge in [0.25, 0.3) is 5.91 Å². The number of nitrogens with zero attached hydrogens (tertiary/aromatic N) is 2. The zero-order valence-electron chi connectivity index (χ0n) is 17.3. The summed E-state index contributed by atoms with van der Waals surface area (Å²) in [6.07, 6.45) is 3.56. The first-order valence-electron chi connectivity index (χ1n) is 10.1. The normalized spacial score (nSPS) is 11.8. The summed E-state index contributed by atoms with van der Waals surface area (Å²) in [6, 6.07) is 20.6. The number of carbonyl (C=O) groups is 1. The molecule has 5 rings (SSSR count). The average Bonchev–Trinajstić information content (AvgIpc) is 3.28. The van der Waals surface area contributed by atoms with E-state index in [1.165, 1.54) is 5.56 Å². The number of ether oxygens (including phenoxy) is 2. The van der Waals surface area contributed by atoms with Gasteiger partial charge in [0, 0.05) is 41.0 Å². The fourth-order valence-electron chi connectivity index (χ4n) is 3.41. The maximum atomic E-state index is 12.7. The lowest BCUT2D eigenvalue weighted by Gasteiger charge is -2.09. The van der Waals surface area contributed by atoms with E-state index in [2.05, 4.69) is 39.7 Å². The van der Waals surface area contributed by atoms with Crippen molar-refractivity contribution in [3.05, 3.63) is 90.3 Å². The summed E-state index contributed by atoms with van der Waals surface area (Å²) < 4.78 is 10.7. The molecule has 1 aromatic heterocycles. The van der Waals surface area contributed by atoms with Crippen molar-refractivity contribution >= 4 is 23.2 Å². The van der Waals surface area contributed by atoms with Crippen molar-refractivity contribution in [1.29, 1.82) is 0 Å². The van der Waals surface area contributed by atoms with Gasteiger partial charge in [-0.15, -0.1) is 0 Å². The zero-order valence-corrected chi connectivity index (χ0v) is 17.3. The molecule has 0 saturated heterocycles. The van der Waals surface area contributed by atoms with Crippen molar-refractivity contribution in [3.8, 4) is 22.6 Å². The Morgan fingerprint density at radius 2 is 1.66 bits per heavy atom. The molecule has 0 unspecified atom stereocenters. The van der Waals surface area contributed by atoms with E-state index in [1.807, 2.05) is 18.2 Å². The molecule has 0 radical (unpaired) electrons. The first-order valence-corrected chi connectivity index (χ1v) is 10.1. The molecule has 2 N–H and O–H groups in total. The number of rotatable bonds is 5.